The predicted molar refractivity (Wildman–Crippen MR) is 77.6 cm³/mol. The summed E-state index contributed by atoms with van der Waals surface area (Å²) in [6.07, 6.45) is 1.69. The molecule has 2 N–H and O–H groups in total. The molecule has 2 rings (SSSR count). The Balaban J connectivity index is 2.12. The SMILES string of the molecule is Cc1ccc(N)c(S(=O)CCn2ccccc2=O)c1. The Kier molecular flexibility index (Phi) is 4.16. The van der Waals surface area contributed by atoms with E-state index in [1.54, 1.807) is 29.0 Å². The second-order valence-electron chi connectivity index (χ2n) is 4.32. The minimum atomic E-state index is -1.20. The van der Waals surface area contributed by atoms with Crippen LogP contribution < -0.4 is 11.3 Å². The number of hydrogen-bond donors (Lipinski definition) is 1. The molecule has 0 bridgehead atoms. The molecule has 1 aromatic heterocycles. The Morgan fingerprint density at radius 2 is 2.05 bits per heavy atom. The summed E-state index contributed by atoms with van der Waals surface area (Å²) in [6.45, 7) is 2.35. The molecular formula is C14H16N2O2S. The lowest BCUT2D eigenvalue weighted by molar-refractivity contribution is 0.669. The van der Waals surface area contributed by atoms with Gasteiger partial charge in [-0.3, -0.25) is 9.00 Å². The van der Waals surface area contributed by atoms with Crippen LogP contribution in [0.15, 0.2) is 52.3 Å². The quantitative estimate of drug-likeness (QED) is 0.862. The van der Waals surface area contributed by atoms with E-state index < -0.39 is 10.8 Å². The van der Waals surface area contributed by atoms with E-state index >= 15 is 0 Å². The molecule has 0 aliphatic heterocycles. The van der Waals surface area contributed by atoms with Gasteiger partial charge in [-0.15, -0.1) is 0 Å². The molecule has 2 aromatic rings. The van der Waals surface area contributed by atoms with Crippen molar-refractivity contribution < 1.29 is 4.21 Å². The zero-order chi connectivity index (χ0) is 13.8. The molecule has 0 saturated carbocycles. The fourth-order valence-electron chi connectivity index (χ4n) is 1.78. The van der Waals surface area contributed by atoms with Crippen LogP contribution in [0.3, 0.4) is 0 Å². The lowest BCUT2D eigenvalue weighted by Crippen LogP contribution is -2.21. The molecule has 0 aliphatic carbocycles. The average molecular weight is 276 g/mol. The second-order valence-corrected chi connectivity index (χ2v) is 5.86. The third-order valence-electron chi connectivity index (χ3n) is 2.83. The van der Waals surface area contributed by atoms with E-state index in [0.717, 1.165) is 5.56 Å². The van der Waals surface area contributed by atoms with E-state index in [4.69, 9.17) is 5.73 Å². The molecule has 0 saturated heterocycles. The highest BCUT2D eigenvalue weighted by atomic mass is 32.2. The Labute approximate surface area is 114 Å². The van der Waals surface area contributed by atoms with Gasteiger partial charge >= 0.3 is 0 Å². The van der Waals surface area contributed by atoms with Crippen molar-refractivity contribution in [3.05, 3.63) is 58.5 Å². The predicted octanol–water partition coefficient (Wildman–Crippen LogP) is 1.55. The first-order valence-corrected chi connectivity index (χ1v) is 7.30. The first-order valence-electron chi connectivity index (χ1n) is 5.98. The van der Waals surface area contributed by atoms with Crippen molar-refractivity contribution in [2.75, 3.05) is 11.5 Å². The number of aromatic nitrogens is 1. The molecule has 1 atom stereocenters. The number of nitrogen functional groups attached to an aromatic ring is 1. The summed E-state index contributed by atoms with van der Waals surface area (Å²) in [4.78, 5) is 12.2. The number of rotatable bonds is 4. The van der Waals surface area contributed by atoms with Gasteiger partial charge in [-0.1, -0.05) is 12.1 Å². The molecule has 100 valence electrons. The van der Waals surface area contributed by atoms with E-state index in [2.05, 4.69) is 0 Å². The normalized spacial score (nSPS) is 12.3. The van der Waals surface area contributed by atoms with Gasteiger partial charge in [-0.05, 0) is 30.7 Å². The number of hydrogen-bond acceptors (Lipinski definition) is 3. The van der Waals surface area contributed by atoms with Crippen LogP contribution in [0.2, 0.25) is 0 Å². The number of pyridine rings is 1. The van der Waals surface area contributed by atoms with E-state index in [9.17, 15) is 9.00 Å². The van der Waals surface area contributed by atoms with Gasteiger partial charge in [0.25, 0.3) is 5.56 Å². The molecule has 0 amide bonds. The van der Waals surface area contributed by atoms with Crippen LogP contribution in [-0.2, 0) is 17.3 Å². The number of aryl methyl sites for hydroxylation is 2. The largest absolute Gasteiger partial charge is 0.398 e. The maximum atomic E-state index is 12.2. The van der Waals surface area contributed by atoms with Crippen molar-refractivity contribution in [3.8, 4) is 0 Å². The monoisotopic (exact) mass is 276 g/mol. The topological polar surface area (TPSA) is 65.1 Å². The van der Waals surface area contributed by atoms with Crippen LogP contribution >= 0.6 is 0 Å². The fourth-order valence-corrected chi connectivity index (χ4v) is 3.01. The fraction of sp³-hybridized carbons (Fsp3) is 0.214. The first kappa shape index (κ1) is 13.5. The highest BCUT2D eigenvalue weighted by Crippen LogP contribution is 2.18. The van der Waals surface area contributed by atoms with Crippen LogP contribution in [0, 0.1) is 6.92 Å². The van der Waals surface area contributed by atoms with Gasteiger partial charge in [0, 0.05) is 30.2 Å². The minimum absolute atomic E-state index is 0.0864. The van der Waals surface area contributed by atoms with E-state index in [1.807, 2.05) is 19.1 Å². The molecular weight excluding hydrogens is 260 g/mol. The van der Waals surface area contributed by atoms with Gasteiger partial charge < -0.3 is 10.3 Å². The zero-order valence-corrected chi connectivity index (χ0v) is 11.5. The number of nitrogens with two attached hydrogens (primary N) is 1. The van der Waals surface area contributed by atoms with Crippen molar-refractivity contribution in [1.29, 1.82) is 0 Å². The molecule has 1 unspecified atom stereocenters. The summed E-state index contributed by atoms with van der Waals surface area (Å²) in [7, 11) is -1.20. The van der Waals surface area contributed by atoms with Gasteiger partial charge in [0.15, 0.2) is 0 Å². The molecule has 4 nitrogen and oxygen atoms in total. The summed E-state index contributed by atoms with van der Waals surface area (Å²) in [5.41, 5.74) is 7.30. The Bertz CT molecular complexity index is 664. The zero-order valence-electron chi connectivity index (χ0n) is 10.7. The number of benzene rings is 1. The molecule has 0 aliphatic rings. The van der Waals surface area contributed by atoms with Crippen molar-refractivity contribution in [2.45, 2.75) is 18.4 Å². The van der Waals surface area contributed by atoms with Gasteiger partial charge in [0.1, 0.15) is 0 Å². The summed E-state index contributed by atoms with van der Waals surface area (Å²) >= 11 is 0. The van der Waals surface area contributed by atoms with Crippen LogP contribution in [0.5, 0.6) is 0 Å². The minimum Gasteiger partial charge on any atom is -0.398 e. The maximum absolute atomic E-state index is 12.2. The highest BCUT2D eigenvalue weighted by Gasteiger charge is 2.08. The summed E-state index contributed by atoms with van der Waals surface area (Å²) in [5, 5.41) is 0. The molecule has 0 fully saturated rings. The number of nitrogens with zero attached hydrogens (tertiary/aromatic N) is 1. The van der Waals surface area contributed by atoms with Gasteiger partial charge in [0.2, 0.25) is 0 Å². The summed E-state index contributed by atoms with van der Waals surface area (Å²) in [5.74, 6) is 0.373. The lowest BCUT2D eigenvalue weighted by Gasteiger charge is -2.08. The standard InChI is InChI=1S/C14H16N2O2S/c1-11-5-6-12(15)13(10-11)19(18)9-8-16-7-3-2-4-14(16)17/h2-7,10H,8-9,15H2,1H3. The first-order chi connectivity index (χ1) is 9.08. The molecule has 1 aromatic carbocycles. The van der Waals surface area contributed by atoms with Crippen LogP contribution in [0.1, 0.15) is 5.56 Å². The third-order valence-corrected chi connectivity index (χ3v) is 4.23. The summed E-state index contributed by atoms with van der Waals surface area (Å²) < 4.78 is 13.8. The van der Waals surface area contributed by atoms with E-state index in [1.165, 1.54) is 6.07 Å². The van der Waals surface area contributed by atoms with Gasteiger partial charge in [-0.25, -0.2) is 0 Å². The smallest absolute Gasteiger partial charge is 0.250 e. The van der Waals surface area contributed by atoms with Crippen LogP contribution in [0.25, 0.3) is 0 Å². The van der Waals surface area contributed by atoms with Gasteiger partial charge in [-0.2, -0.15) is 0 Å². The van der Waals surface area contributed by atoms with Crippen molar-refractivity contribution in [1.82, 2.24) is 4.57 Å². The maximum Gasteiger partial charge on any atom is 0.250 e. The van der Waals surface area contributed by atoms with E-state index in [0.29, 0.717) is 22.9 Å². The Morgan fingerprint density at radius 3 is 2.79 bits per heavy atom. The molecule has 5 heteroatoms. The number of anilines is 1. The molecule has 19 heavy (non-hydrogen) atoms. The third kappa shape index (κ3) is 3.32. The Hall–Kier alpha value is -1.88. The van der Waals surface area contributed by atoms with Crippen molar-refractivity contribution in [3.63, 3.8) is 0 Å². The van der Waals surface area contributed by atoms with Gasteiger partial charge in [0.05, 0.1) is 15.7 Å². The second kappa shape index (κ2) is 5.84. The highest BCUT2D eigenvalue weighted by molar-refractivity contribution is 7.85. The van der Waals surface area contributed by atoms with E-state index in [-0.39, 0.29) is 5.56 Å². The van der Waals surface area contributed by atoms with Crippen molar-refractivity contribution >= 4 is 16.5 Å². The molecule has 0 radical (unpaired) electrons. The molecule has 0 spiro atoms. The summed E-state index contributed by atoms with van der Waals surface area (Å²) in [6, 6.07) is 10.4. The van der Waals surface area contributed by atoms with Crippen LogP contribution in [0.4, 0.5) is 5.69 Å². The lowest BCUT2D eigenvalue weighted by atomic mass is 10.2. The van der Waals surface area contributed by atoms with Crippen LogP contribution in [-0.4, -0.2) is 14.5 Å². The molecule has 1 heterocycles. The Morgan fingerprint density at radius 1 is 1.26 bits per heavy atom. The van der Waals surface area contributed by atoms with Crippen molar-refractivity contribution in [2.24, 2.45) is 0 Å². The average Bonchev–Trinajstić information content (AvgIpc) is 2.40.